The zero-order valence-electron chi connectivity index (χ0n) is 30.5. The predicted octanol–water partition coefficient (Wildman–Crippen LogP) is 5.50. The lowest BCUT2D eigenvalue weighted by Crippen LogP contribution is -2.64. The first-order valence-corrected chi connectivity index (χ1v) is 17.6. The monoisotopic (exact) mass is 744 g/mol. The quantitative estimate of drug-likeness (QED) is 0.0826. The van der Waals surface area contributed by atoms with Crippen molar-refractivity contribution in [2.24, 2.45) is 5.11 Å². The van der Waals surface area contributed by atoms with Gasteiger partial charge in [-0.2, -0.15) is 5.26 Å². The van der Waals surface area contributed by atoms with E-state index in [0.717, 1.165) is 16.7 Å². The normalized spacial score (nSPS) is 30.0. The number of carbonyl (C=O) groups excluding carboxylic acids is 1. The lowest BCUT2D eigenvalue weighted by molar-refractivity contribution is -0.329. The van der Waals surface area contributed by atoms with Gasteiger partial charge in [-0.05, 0) is 48.2 Å². The molecule has 0 aliphatic carbocycles. The molecule has 15 heteroatoms. The highest BCUT2D eigenvalue weighted by atomic mass is 16.8. The number of fused-ring (bicyclic) bond motifs is 1. The number of nitriles is 1. The predicted molar refractivity (Wildman–Crippen MR) is 189 cm³/mol. The van der Waals surface area contributed by atoms with Crippen molar-refractivity contribution >= 4 is 5.97 Å². The molecule has 6 rings (SSSR count). The van der Waals surface area contributed by atoms with Crippen molar-refractivity contribution in [3.05, 3.63) is 112 Å². The van der Waals surface area contributed by atoms with Crippen LogP contribution in [0.4, 0.5) is 0 Å². The van der Waals surface area contributed by atoms with E-state index in [4.69, 9.17) is 47.4 Å². The lowest BCUT2D eigenvalue weighted by atomic mass is 9.95. The molecular formula is C39H44N4O11. The summed E-state index contributed by atoms with van der Waals surface area (Å²) in [5, 5.41) is 14.5. The number of benzene rings is 3. The van der Waals surface area contributed by atoms with Gasteiger partial charge in [-0.1, -0.05) is 77.9 Å². The Morgan fingerprint density at radius 1 is 0.833 bits per heavy atom. The molecule has 0 radical (unpaired) electrons. The second-order valence-corrected chi connectivity index (χ2v) is 13.4. The summed E-state index contributed by atoms with van der Waals surface area (Å²) in [6.07, 6.45) is -9.27. The van der Waals surface area contributed by atoms with Crippen molar-refractivity contribution < 1.29 is 52.2 Å². The van der Waals surface area contributed by atoms with Gasteiger partial charge in [0.15, 0.2) is 24.5 Å². The highest BCUT2D eigenvalue weighted by Gasteiger charge is 2.58. The first-order valence-electron chi connectivity index (χ1n) is 17.6. The smallest absolute Gasteiger partial charge is 0.302 e. The average Bonchev–Trinajstić information content (AvgIpc) is 3.50. The second-order valence-electron chi connectivity index (χ2n) is 13.4. The van der Waals surface area contributed by atoms with E-state index in [1.807, 2.05) is 72.8 Å². The van der Waals surface area contributed by atoms with Crippen LogP contribution in [0.1, 0.15) is 37.5 Å². The number of carbonyl (C=O) groups is 1. The fourth-order valence-electron chi connectivity index (χ4n) is 6.62. The van der Waals surface area contributed by atoms with E-state index >= 15 is 0 Å². The fraction of sp³-hybridized carbons (Fsp3) is 0.487. The van der Waals surface area contributed by atoms with Crippen LogP contribution in [0.25, 0.3) is 10.4 Å². The Labute approximate surface area is 313 Å². The summed E-state index contributed by atoms with van der Waals surface area (Å²) in [5.41, 5.74) is 12.4. The second kappa shape index (κ2) is 18.2. The minimum atomic E-state index is -1.36. The van der Waals surface area contributed by atoms with Crippen molar-refractivity contribution in [3.8, 4) is 11.8 Å². The third kappa shape index (κ3) is 9.74. The Hall–Kier alpha value is -4.59. The fourth-order valence-corrected chi connectivity index (χ4v) is 6.62. The van der Waals surface area contributed by atoms with E-state index in [2.05, 4.69) is 16.1 Å². The van der Waals surface area contributed by atoms with Gasteiger partial charge in [0, 0.05) is 11.8 Å². The van der Waals surface area contributed by atoms with Crippen molar-refractivity contribution in [1.29, 1.82) is 5.26 Å². The third-order valence-corrected chi connectivity index (χ3v) is 9.16. The Morgan fingerprint density at radius 3 is 2.00 bits per heavy atom. The number of nitrogens with zero attached hydrogens (tertiary/aromatic N) is 4. The summed E-state index contributed by atoms with van der Waals surface area (Å²) < 4.78 is 61.7. The molecule has 286 valence electrons. The Balaban J connectivity index is 1.34. The maximum absolute atomic E-state index is 12.1. The number of azide groups is 1. The maximum Gasteiger partial charge on any atom is 0.302 e. The summed E-state index contributed by atoms with van der Waals surface area (Å²) >= 11 is 0. The van der Waals surface area contributed by atoms with Crippen LogP contribution in [0.2, 0.25) is 0 Å². The van der Waals surface area contributed by atoms with Crippen molar-refractivity contribution in [2.75, 3.05) is 13.7 Å². The molecule has 15 nitrogen and oxygen atoms in total. The highest BCUT2D eigenvalue weighted by Crippen LogP contribution is 2.40. The average molecular weight is 745 g/mol. The molecule has 54 heavy (non-hydrogen) atoms. The SMILES string of the molecule is COc1ccc(CO[C@H]2[C@H](OCc3ccccc3)[C@@H](N=[N+]=[N-])[C@@H](O[C@H]3[C@H](OCc4ccccc4)[C@H]4OC(C)(C)O[C@H]4O[C@H]3C#N)O[C@@H]2COC(C)=O)cc1. The van der Waals surface area contributed by atoms with Crippen LogP contribution >= 0.6 is 0 Å². The van der Waals surface area contributed by atoms with Gasteiger partial charge in [0.2, 0.25) is 0 Å². The lowest BCUT2D eigenvalue weighted by Gasteiger charge is -2.47. The number of esters is 1. The Bertz CT molecular complexity index is 1750. The van der Waals surface area contributed by atoms with E-state index in [1.54, 1.807) is 33.1 Å². The molecule has 3 aromatic rings. The Morgan fingerprint density at radius 2 is 1.43 bits per heavy atom. The number of methoxy groups -OCH3 is 1. The number of rotatable bonds is 15. The third-order valence-electron chi connectivity index (χ3n) is 9.16. The molecule has 3 fully saturated rings. The molecule has 0 aromatic heterocycles. The summed E-state index contributed by atoms with van der Waals surface area (Å²) in [5.74, 6) is -0.915. The van der Waals surface area contributed by atoms with E-state index in [-0.39, 0.29) is 26.4 Å². The van der Waals surface area contributed by atoms with Crippen LogP contribution in [0.15, 0.2) is 90.0 Å². The highest BCUT2D eigenvalue weighted by molar-refractivity contribution is 5.65. The zero-order valence-corrected chi connectivity index (χ0v) is 30.5. The molecule has 10 atom stereocenters. The molecule has 0 spiro atoms. The number of hydrogen-bond donors (Lipinski definition) is 0. The van der Waals surface area contributed by atoms with Crippen LogP contribution in [0.3, 0.4) is 0 Å². The molecule has 0 N–H and O–H groups in total. The summed E-state index contributed by atoms with van der Waals surface area (Å²) in [7, 11) is 1.58. The minimum absolute atomic E-state index is 0.104. The molecule has 3 saturated heterocycles. The summed E-state index contributed by atoms with van der Waals surface area (Å²) in [4.78, 5) is 15.3. The van der Waals surface area contributed by atoms with Crippen LogP contribution in [-0.4, -0.2) is 86.8 Å². The summed E-state index contributed by atoms with van der Waals surface area (Å²) in [6, 6.07) is 27.3. The first kappa shape index (κ1) is 39.1. The number of ether oxygens (including phenoxy) is 10. The molecule has 0 saturated carbocycles. The number of hydrogen-bond acceptors (Lipinski definition) is 13. The molecule has 0 unspecified atom stereocenters. The minimum Gasteiger partial charge on any atom is -0.497 e. The van der Waals surface area contributed by atoms with Gasteiger partial charge in [-0.25, -0.2) is 0 Å². The van der Waals surface area contributed by atoms with Gasteiger partial charge < -0.3 is 47.4 Å². The van der Waals surface area contributed by atoms with Crippen LogP contribution in [-0.2, 0) is 67.2 Å². The molecule has 3 aliphatic rings. The van der Waals surface area contributed by atoms with E-state index < -0.39 is 73.1 Å². The molecule has 3 aromatic carbocycles. The van der Waals surface area contributed by atoms with Gasteiger partial charge in [0.05, 0.1) is 33.0 Å². The van der Waals surface area contributed by atoms with Crippen LogP contribution < -0.4 is 4.74 Å². The Kier molecular flexibility index (Phi) is 13.2. The molecule has 0 bridgehead atoms. The maximum atomic E-state index is 12.1. The van der Waals surface area contributed by atoms with Gasteiger partial charge in [-0.15, -0.1) is 0 Å². The van der Waals surface area contributed by atoms with E-state index in [1.165, 1.54) is 6.92 Å². The summed E-state index contributed by atoms with van der Waals surface area (Å²) in [6.45, 7) is 4.88. The van der Waals surface area contributed by atoms with Crippen molar-refractivity contribution in [1.82, 2.24) is 0 Å². The molecule has 3 heterocycles. The first-order chi connectivity index (χ1) is 26.2. The standard InChI is InChI=1S/C39H44N4O11/c1-24(44)46-23-30-32(47-22-27-15-17-28(45-4)18-16-27)34(48-20-25-11-7-5-8-12-25)31(42-43-41)37(51-30)52-33-29(19-40)50-38-36(53-39(2,3)54-38)35(33)49-21-26-13-9-6-10-14-26/h5-18,29-38H,20-23H2,1-4H3/t29-,30+,31+,32+,33+,34+,35-,36+,37+,38+/m0/s1. The van der Waals surface area contributed by atoms with Gasteiger partial charge >= 0.3 is 5.97 Å². The van der Waals surface area contributed by atoms with Crippen LogP contribution in [0, 0.1) is 11.3 Å². The zero-order chi connectivity index (χ0) is 38.1. The topological polar surface area (TPSA) is 182 Å². The largest absolute Gasteiger partial charge is 0.497 e. The van der Waals surface area contributed by atoms with Crippen molar-refractivity contribution in [2.45, 2.75) is 108 Å². The van der Waals surface area contributed by atoms with E-state index in [0.29, 0.717) is 5.75 Å². The van der Waals surface area contributed by atoms with Crippen molar-refractivity contribution in [3.63, 3.8) is 0 Å². The van der Waals surface area contributed by atoms with Gasteiger partial charge in [0.1, 0.15) is 55.0 Å². The van der Waals surface area contributed by atoms with E-state index in [9.17, 15) is 15.6 Å². The van der Waals surface area contributed by atoms with Gasteiger partial charge in [0.25, 0.3) is 0 Å². The molecule has 0 amide bonds. The molecule has 3 aliphatic heterocycles. The van der Waals surface area contributed by atoms with Gasteiger partial charge in [-0.3, -0.25) is 4.79 Å². The van der Waals surface area contributed by atoms with Crippen LogP contribution in [0.5, 0.6) is 5.75 Å². The molecular weight excluding hydrogens is 700 g/mol.